The third-order valence-electron chi connectivity index (χ3n) is 6.31. The van der Waals surface area contributed by atoms with Gasteiger partial charge in [0, 0.05) is 10.4 Å². The van der Waals surface area contributed by atoms with Gasteiger partial charge in [0.15, 0.2) is 0 Å². The highest BCUT2D eigenvalue weighted by atomic mass is 16.3. The number of unbranched alkanes of at least 4 members (excludes halogenated alkanes) is 4. The Hall–Kier alpha value is -1.86. The van der Waals surface area contributed by atoms with E-state index in [1.54, 1.807) is 0 Å². The first-order valence-corrected chi connectivity index (χ1v) is 10.1. The van der Waals surface area contributed by atoms with Gasteiger partial charge < -0.3 is 0 Å². The van der Waals surface area contributed by atoms with Crippen LogP contribution in [-0.4, -0.2) is 17.9 Å². The normalized spacial score (nSPS) is 18.7. The van der Waals surface area contributed by atoms with Gasteiger partial charge in [-0.15, -0.1) is 9.81 Å². The minimum Gasteiger partial charge on any atom is -0.268 e. The van der Waals surface area contributed by atoms with Crippen molar-refractivity contribution in [2.24, 2.45) is 26.4 Å². The highest BCUT2D eigenvalue weighted by Crippen LogP contribution is 2.51. The zero-order valence-electron chi connectivity index (χ0n) is 15.9. The molecule has 0 aromatic carbocycles. The van der Waals surface area contributed by atoms with E-state index in [0.29, 0.717) is 12.8 Å². The molecule has 0 spiro atoms. The molecular weight excluding hydrogens is 350 g/mol. The highest BCUT2D eigenvalue weighted by molar-refractivity contribution is 5.86. The second kappa shape index (κ2) is 9.90. The van der Waals surface area contributed by atoms with Crippen molar-refractivity contribution < 1.29 is 9.59 Å². The average molecular weight is 379 g/mol. The van der Waals surface area contributed by atoms with Gasteiger partial charge in [0.2, 0.25) is 0 Å². The minimum absolute atomic E-state index is 0.189. The molecule has 0 saturated heterocycles. The Balaban J connectivity index is 1.50. The monoisotopic (exact) mass is 379 g/mol. The summed E-state index contributed by atoms with van der Waals surface area (Å²) in [6.07, 6.45) is 11.3. The van der Waals surface area contributed by atoms with E-state index in [4.69, 9.17) is 0 Å². The van der Waals surface area contributed by atoms with E-state index in [1.165, 1.54) is 0 Å². The van der Waals surface area contributed by atoms with E-state index in [2.05, 4.69) is 15.5 Å². The molecule has 2 fully saturated rings. The lowest BCUT2D eigenvalue weighted by Gasteiger charge is -2.11. The lowest BCUT2D eigenvalue weighted by atomic mass is 9.95. The van der Waals surface area contributed by atoms with E-state index in [1.807, 2.05) is 0 Å². The molecule has 8 heteroatoms. The van der Waals surface area contributed by atoms with Crippen LogP contribution in [0.4, 0.5) is 0 Å². The summed E-state index contributed by atoms with van der Waals surface area (Å²) in [7, 11) is 0. The van der Waals surface area contributed by atoms with Crippen molar-refractivity contribution in [1.29, 1.82) is 0 Å². The largest absolute Gasteiger partial charge is 0.292 e. The van der Waals surface area contributed by atoms with Crippen molar-refractivity contribution in [3.05, 3.63) is 14.7 Å². The van der Waals surface area contributed by atoms with Gasteiger partial charge in [-0.3, -0.25) is 9.59 Å². The molecule has 0 heterocycles. The molecule has 150 valence electrons. The predicted molar refractivity (Wildman–Crippen MR) is 101 cm³/mol. The second-order valence-electron chi connectivity index (χ2n) is 8.31. The van der Waals surface area contributed by atoms with Crippen LogP contribution in [0.5, 0.6) is 0 Å². The van der Waals surface area contributed by atoms with Crippen molar-refractivity contribution in [3.8, 4) is 0 Å². The summed E-state index contributed by atoms with van der Waals surface area (Å²) in [5.74, 6) is -1.01. The van der Waals surface area contributed by atoms with Crippen LogP contribution in [0.15, 0.2) is 15.5 Å². The molecule has 0 aromatic heterocycles. The van der Waals surface area contributed by atoms with Crippen molar-refractivity contribution in [1.82, 2.24) is 0 Å². The number of nitroso groups, excluding NO2 is 3. The van der Waals surface area contributed by atoms with Crippen molar-refractivity contribution in [2.45, 2.75) is 95.9 Å². The number of rotatable bonds is 15. The van der Waals surface area contributed by atoms with E-state index in [0.717, 1.165) is 77.0 Å². The van der Waals surface area contributed by atoms with Gasteiger partial charge in [0.05, 0.1) is 16.9 Å². The van der Waals surface area contributed by atoms with Crippen LogP contribution in [-0.2, 0) is 9.59 Å². The summed E-state index contributed by atoms with van der Waals surface area (Å²) in [5.41, 5.74) is -0.937. The molecule has 2 saturated carbocycles. The summed E-state index contributed by atoms with van der Waals surface area (Å²) < 4.78 is 0. The molecule has 2 aliphatic rings. The minimum atomic E-state index is -0.506. The van der Waals surface area contributed by atoms with Gasteiger partial charge in [-0.05, 0) is 51.4 Å². The molecule has 27 heavy (non-hydrogen) atoms. The Labute approximate surface area is 159 Å². The SMILES string of the molecule is O=NC(=O)C1(CCCCCC(CCCCCC2(C(=O)N=O)CC2)N=O)CC1. The van der Waals surface area contributed by atoms with Gasteiger partial charge in [-0.2, -0.15) is 4.91 Å². The number of hydrogen-bond acceptors (Lipinski definition) is 6. The van der Waals surface area contributed by atoms with Crippen LogP contribution < -0.4 is 0 Å². The lowest BCUT2D eigenvalue weighted by Crippen LogP contribution is -2.12. The fourth-order valence-electron chi connectivity index (χ4n) is 3.93. The topological polar surface area (TPSA) is 122 Å². The summed E-state index contributed by atoms with van der Waals surface area (Å²) in [6.45, 7) is 0. The Bertz CT molecular complexity index is 524. The molecule has 0 atom stereocenters. The maximum atomic E-state index is 11.4. The second-order valence-corrected chi connectivity index (χ2v) is 8.31. The van der Waals surface area contributed by atoms with Gasteiger partial charge in [0.1, 0.15) is 0 Å². The summed E-state index contributed by atoms with van der Waals surface area (Å²) in [4.78, 5) is 54.6. The quantitative estimate of drug-likeness (QED) is 0.287. The van der Waals surface area contributed by atoms with E-state index < -0.39 is 22.6 Å². The number of hydrogen-bond donors (Lipinski definition) is 0. The van der Waals surface area contributed by atoms with Crippen molar-refractivity contribution in [3.63, 3.8) is 0 Å². The Morgan fingerprint density at radius 2 is 1.07 bits per heavy atom. The van der Waals surface area contributed by atoms with Crippen LogP contribution in [0, 0.1) is 25.6 Å². The molecule has 0 unspecified atom stereocenters. The maximum absolute atomic E-state index is 11.4. The fourth-order valence-corrected chi connectivity index (χ4v) is 3.93. The van der Waals surface area contributed by atoms with Gasteiger partial charge in [0.25, 0.3) is 11.8 Å². The van der Waals surface area contributed by atoms with Crippen molar-refractivity contribution >= 4 is 11.8 Å². The highest BCUT2D eigenvalue weighted by Gasteiger charge is 2.50. The summed E-state index contributed by atoms with van der Waals surface area (Å²) >= 11 is 0. The Morgan fingerprint density at radius 1 is 0.667 bits per heavy atom. The number of amides is 2. The first kappa shape index (κ1) is 21.4. The number of nitrogens with zero attached hydrogens (tertiary/aromatic N) is 3. The Morgan fingerprint density at radius 3 is 1.37 bits per heavy atom. The summed E-state index contributed by atoms with van der Waals surface area (Å²) in [6, 6.07) is -0.189. The van der Waals surface area contributed by atoms with Gasteiger partial charge in [-0.25, -0.2) is 0 Å². The van der Waals surface area contributed by atoms with Crippen LogP contribution in [0.3, 0.4) is 0 Å². The molecule has 8 nitrogen and oxygen atoms in total. The predicted octanol–water partition coefficient (Wildman–Crippen LogP) is 5.17. The summed E-state index contributed by atoms with van der Waals surface area (Å²) in [5, 5.41) is 8.34. The molecule has 0 N–H and O–H groups in total. The lowest BCUT2D eigenvalue weighted by molar-refractivity contribution is -0.124. The molecule has 0 bridgehead atoms. The molecule has 0 aromatic rings. The van der Waals surface area contributed by atoms with E-state index in [9.17, 15) is 24.3 Å². The number of carbonyl (C=O) groups is 2. The van der Waals surface area contributed by atoms with Crippen LogP contribution in [0.25, 0.3) is 0 Å². The van der Waals surface area contributed by atoms with Crippen LogP contribution in [0.2, 0.25) is 0 Å². The van der Waals surface area contributed by atoms with Crippen LogP contribution in [0.1, 0.15) is 89.9 Å². The molecule has 0 aliphatic heterocycles. The zero-order valence-corrected chi connectivity index (χ0v) is 15.9. The third-order valence-corrected chi connectivity index (χ3v) is 6.31. The molecule has 0 radical (unpaired) electrons. The smallest absolute Gasteiger partial charge is 0.268 e. The first-order chi connectivity index (χ1) is 13.0. The molecule has 2 rings (SSSR count). The third kappa shape index (κ3) is 6.07. The van der Waals surface area contributed by atoms with E-state index >= 15 is 0 Å². The van der Waals surface area contributed by atoms with Crippen molar-refractivity contribution in [2.75, 3.05) is 0 Å². The van der Waals surface area contributed by atoms with E-state index in [-0.39, 0.29) is 6.04 Å². The number of carbonyl (C=O) groups excluding carboxylic acids is 2. The van der Waals surface area contributed by atoms with Gasteiger partial charge >= 0.3 is 0 Å². The fraction of sp³-hybridized carbons (Fsp3) is 0.895. The standard InChI is InChI=1S/C19H29N3O5/c23-16(21-26)18(11-12-18)9-5-1-3-7-15(20-25)8-4-2-6-10-19(13-14-19)17(24)22-27/h15H,1-14H2. The Kier molecular flexibility index (Phi) is 7.86. The van der Waals surface area contributed by atoms with Crippen LogP contribution >= 0.6 is 0 Å². The molecular formula is C19H29N3O5. The average Bonchev–Trinajstić information content (AvgIpc) is 3.60. The van der Waals surface area contributed by atoms with Gasteiger partial charge in [-0.1, -0.05) is 43.7 Å². The molecule has 2 amide bonds. The molecule has 2 aliphatic carbocycles. The zero-order chi connectivity index (χ0) is 19.8. The maximum Gasteiger partial charge on any atom is 0.292 e. The first-order valence-electron chi connectivity index (χ1n) is 10.1.